The molecule has 36 heavy (non-hydrogen) atoms. The summed E-state index contributed by atoms with van der Waals surface area (Å²) in [5, 5.41) is 7.87. The van der Waals surface area contributed by atoms with Gasteiger partial charge in [-0.3, -0.25) is 14.3 Å². The van der Waals surface area contributed by atoms with Crippen LogP contribution in [0.15, 0.2) is 59.5 Å². The zero-order valence-electron chi connectivity index (χ0n) is 20.4. The van der Waals surface area contributed by atoms with Crippen molar-refractivity contribution in [1.82, 2.24) is 24.8 Å². The number of anilines is 1. The summed E-state index contributed by atoms with van der Waals surface area (Å²) in [7, 11) is 1.77. The molecule has 0 atom stereocenters. The Labute approximate surface area is 213 Å². The summed E-state index contributed by atoms with van der Waals surface area (Å²) >= 11 is 6.51. The largest absolute Gasteiger partial charge is 0.384 e. The van der Waals surface area contributed by atoms with E-state index in [4.69, 9.17) is 17.3 Å². The molecule has 0 saturated carbocycles. The topological polar surface area (TPSA) is 120 Å². The molecule has 10 heteroatoms. The Balaban J connectivity index is 1.49. The lowest BCUT2D eigenvalue weighted by Gasteiger charge is -2.14. The number of nitrogens with one attached hydrogen (secondary N) is 2. The van der Waals surface area contributed by atoms with Crippen LogP contribution in [0.25, 0.3) is 11.3 Å². The molecule has 0 fully saturated rings. The number of nitrogens with two attached hydrogens (primary N) is 1. The van der Waals surface area contributed by atoms with Crippen molar-refractivity contribution in [3.63, 3.8) is 0 Å². The number of hydrogen-bond acceptors (Lipinski definition) is 6. The van der Waals surface area contributed by atoms with Gasteiger partial charge in [-0.1, -0.05) is 48.0 Å². The number of carbonyl (C=O) groups is 1. The zero-order valence-corrected chi connectivity index (χ0v) is 21.1. The first-order chi connectivity index (χ1) is 17.2. The van der Waals surface area contributed by atoms with E-state index >= 15 is 0 Å². The van der Waals surface area contributed by atoms with E-state index in [0.29, 0.717) is 23.1 Å². The molecule has 3 aromatic heterocycles. The minimum absolute atomic E-state index is 0.0441. The van der Waals surface area contributed by atoms with Gasteiger partial charge in [0.1, 0.15) is 11.0 Å². The number of aromatic nitrogens is 4. The lowest BCUT2D eigenvalue weighted by atomic mass is 10.1. The van der Waals surface area contributed by atoms with Crippen LogP contribution in [0.2, 0.25) is 5.15 Å². The van der Waals surface area contributed by atoms with Gasteiger partial charge in [0, 0.05) is 42.2 Å². The monoisotopic (exact) mass is 505 g/mol. The molecule has 3 heterocycles. The fourth-order valence-electron chi connectivity index (χ4n) is 3.92. The standard InChI is InChI=1S/C26H28ClN7O2/c1-16-11-12-34(30-15-21-24(32-33(3)25(21)27)18-7-5-4-6-8-18)26(36)20(16)13-23(35)29-14-19-9-10-22(28)31-17(19)2/h4-12,30H,13-15H2,1-3H3,(H2,28,31)(H,29,35). The van der Waals surface area contributed by atoms with Gasteiger partial charge >= 0.3 is 0 Å². The predicted molar refractivity (Wildman–Crippen MR) is 141 cm³/mol. The van der Waals surface area contributed by atoms with Crippen molar-refractivity contribution >= 4 is 23.3 Å². The number of amides is 1. The maximum atomic E-state index is 13.2. The first-order valence-corrected chi connectivity index (χ1v) is 11.8. The van der Waals surface area contributed by atoms with E-state index in [-0.39, 0.29) is 24.4 Å². The number of benzene rings is 1. The van der Waals surface area contributed by atoms with Crippen LogP contribution >= 0.6 is 11.6 Å². The highest BCUT2D eigenvalue weighted by Gasteiger charge is 2.17. The highest BCUT2D eigenvalue weighted by Crippen LogP contribution is 2.28. The zero-order chi connectivity index (χ0) is 25.8. The van der Waals surface area contributed by atoms with E-state index in [1.807, 2.05) is 50.2 Å². The van der Waals surface area contributed by atoms with E-state index in [0.717, 1.165) is 33.6 Å². The number of nitrogen functional groups attached to an aromatic ring is 1. The van der Waals surface area contributed by atoms with Gasteiger partial charge in [-0.05, 0) is 37.1 Å². The third-order valence-electron chi connectivity index (χ3n) is 6.00. The molecule has 1 amide bonds. The fourth-order valence-corrected chi connectivity index (χ4v) is 4.11. The number of rotatable bonds is 8. The lowest BCUT2D eigenvalue weighted by molar-refractivity contribution is -0.120. The molecule has 1 aromatic carbocycles. The van der Waals surface area contributed by atoms with E-state index in [9.17, 15) is 9.59 Å². The number of nitrogens with zero attached hydrogens (tertiary/aromatic N) is 4. The van der Waals surface area contributed by atoms with Crippen LogP contribution in [0.1, 0.15) is 27.9 Å². The Hall–Kier alpha value is -4.11. The van der Waals surface area contributed by atoms with E-state index in [2.05, 4.69) is 20.8 Å². The molecular formula is C26H28ClN7O2. The van der Waals surface area contributed by atoms with Crippen molar-refractivity contribution in [2.24, 2.45) is 7.05 Å². The molecule has 4 rings (SSSR count). The average Bonchev–Trinajstić information content (AvgIpc) is 3.14. The molecule has 0 aliphatic carbocycles. The Morgan fingerprint density at radius 3 is 2.53 bits per heavy atom. The normalized spacial score (nSPS) is 10.9. The van der Waals surface area contributed by atoms with E-state index in [1.54, 1.807) is 30.1 Å². The van der Waals surface area contributed by atoms with Crippen LogP contribution in [-0.4, -0.2) is 25.3 Å². The van der Waals surface area contributed by atoms with Crippen LogP contribution in [0.3, 0.4) is 0 Å². The molecule has 0 saturated heterocycles. The molecule has 0 aliphatic heterocycles. The van der Waals surface area contributed by atoms with Crippen LogP contribution in [0.4, 0.5) is 5.82 Å². The number of aryl methyl sites for hydroxylation is 3. The van der Waals surface area contributed by atoms with Crippen molar-refractivity contribution in [3.05, 3.63) is 98.2 Å². The summed E-state index contributed by atoms with van der Waals surface area (Å²) in [5.41, 5.74) is 13.7. The SMILES string of the molecule is Cc1ccn(NCc2c(-c3ccccc3)nn(C)c2Cl)c(=O)c1CC(=O)NCc1ccc(N)nc1C. The van der Waals surface area contributed by atoms with Gasteiger partial charge in [-0.2, -0.15) is 5.10 Å². The van der Waals surface area contributed by atoms with Crippen LogP contribution in [0, 0.1) is 13.8 Å². The highest BCUT2D eigenvalue weighted by molar-refractivity contribution is 6.30. The van der Waals surface area contributed by atoms with E-state index in [1.165, 1.54) is 4.68 Å². The molecule has 0 unspecified atom stereocenters. The third-order valence-corrected chi connectivity index (χ3v) is 6.47. The molecule has 0 spiro atoms. The summed E-state index contributed by atoms with van der Waals surface area (Å²) < 4.78 is 2.98. The number of halogens is 1. The Kier molecular flexibility index (Phi) is 7.40. The van der Waals surface area contributed by atoms with Gasteiger partial charge in [-0.25, -0.2) is 9.66 Å². The van der Waals surface area contributed by atoms with Crippen molar-refractivity contribution in [2.75, 3.05) is 11.2 Å². The molecule has 4 aromatic rings. The van der Waals surface area contributed by atoms with Crippen molar-refractivity contribution in [1.29, 1.82) is 0 Å². The predicted octanol–water partition coefficient (Wildman–Crippen LogP) is 3.10. The molecule has 9 nitrogen and oxygen atoms in total. The van der Waals surface area contributed by atoms with Gasteiger partial charge in [0.15, 0.2) is 0 Å². The second kappa shape index (κ2) is 10.7. The molecule has 4 N–H and O–H groups in total. The Morgan fingerprint density at radius 1 is 1.06 bits per heavy atom. The molecule has 186 valence electrons. The van der Waals surface area contributed by atoms with Gasteiger partial charge in [0.25, 0.3) is 5.56 Å². The second-order valence-corrected chi connectivity index (χ2v) is 8.89. The lowest BCUT2D eigenvalue weighted by Crippen LogP contribution is -2.34. The number of carbonyl (C=O) groups excluding carboxylic acids is 1. The number of pyridine rings is 2. The molecule has 0 radical (unpaired) electrons. The maximum absolute atomic E-state index is 13.2. The summed E-state index contributed by atoms with van der Waals surface area (Å²) in [6, 6.07) is 15.0. The Bertz CT molecular complexity index is 1460. The van der Waals surface area contributed by atoms with Crippen LogP contribution in [-0.2, 0) is 31.4 Å². The van der Waals surface area contributed by atoms with Crippen molar-refractivity contribution < 1.29 is 4.79 Å². The fraction of sp³-hybridized carbons (Fsp3) is 0.231. The minimum Gasteiger partial charge on any atom is -0.384 e. The first-order valence-electron chi connectivity index (χ1n) is 11.4. The summed E-state index contributed by atoms with van der Waals surface area (Å²) in [4.78, 5) is 30.1. The quantitative estimate of drug-likeness (QED) is 0.338. The summed E-state index contributed by atoms with van der Waals surface area (Å²) in [6.07, 6.45) is 1.60. The van der Waals surface area contributed by atoms with Crippen LogP contribution in [0.5, 0.6) is 0 Å². The van der Waals surface area contributed by atoms with Gasteiger partial charge in [-0.15, -0.1) is 0 Å². The molecule has 0 bridgehead atoms. The molecule has 0 aliphatic rings. The summed E-state index contributed by atoms with van der Waals surface area (Å²) in [5.74, 6) is 0.171. The third kappa shape index (κ3) is 5.41. The van der Waals surface area contributed by atoms with Crippen molar-refractivity contribution in [3.8, 4) is 11.3 Å². The smallest absolute Gasteiger partial charge is 0.272 e. The summed E-state index contributed by atoms with van der Waals surface area (Å²) in [6.45, 7) is 4.22. The molecular weight excluding hydrogens is 478 g/mol. The average molecular weight is 506 g/mol. The van der Waals surface area contributed by atoms with Gasteiger partial charge in [0.2, 0.25) is 5.91 Å². The second-order valence-electron chi connectivity index (χ2n) is 8.53. The maximum Gasteiger partial charge on any atom is 0.272 e. The minimum atomic E-state index is -0.295. The van der Waals surface area contributed by atoms with Crippen LogP contribution < -0.4 is 22.0 Å². The highest BCUT2D eigenvalue weighted by atomic mass is 35.5. The Morgan fingerprint density at radius 2 is 1.81 bits per heavy atom. The van der Waals surface area contributed by atoms with Gasteiger partial charge < -0.3 is 16.5 Å². The first kappa shape index (κ1) is 25.0. The van der Waals surface area contributed by atoms with Crippen molar-refractivity contribution in [2.45, 2.75) is 33.4 Å². The van der Waals surface area contributed by atoms with Gasteiger partial charge in [0.05, 0.1) is 18.7 Å². The number of hydrogen-bond donors (Lipinski definition) is 3. The van der Waals surface area contributed by atoms with E-state index < -0.39 is 0 Å².